The number of nitrogens with two attached hydrogens (primary N) is 1. The summed E-state index contributed by atoms with van der Waals surface area (Å²) in [6.07, 6.45) is 1.65. The van der Waals surface area contributed by atoms with Gasteiger partial charge < -0.3 is 16.0 Å². The minimum absolute atomic E-state index is 0.233. The molecule has 0 aliphatic heterocycles. The molecule has 2 heterocycles. The number of aromatic amines is 2. The highest BCUT2D eigenvalue weighted by Gasteiger charge is 2.12. The second kappa shape index (κ2) is 4.16. The van der Waals surface area contributed by atoms with Crippen molar-refractivity contribution in [3.63, 3.8) is 0 Å². The molecule has 5 N–H and O–H groups in total. The Kier molecular flexibility index (Phi) is 2.49. The minimum Gasteiger partial charge on any atom is -0.397 e. The van der Waals surface area contributed by atoms with E-state index in [1.165, 1.54) is 0 Å². The Labute approximate surface area is 109 Å². The van der Waals surface area contributed by atoms with Crippen LogP contribution in [0.5, 0.6) is 0 Å². The van der Waals surface area contributed by atoms with Crippen molar-refractivity contribution in [2.45, 2.75) is 6.92 Å². The topological polar surface area (TPSA) is 99.6 Å². The predicted molar refractivity (Wildman–Crippen MR) is 74.0 cm³/mol. The molecule has 3 rings (SSSR count). The Morgan fingerprint density at radius 1 is 1.42 bits per heavy atom. The number of carbonyl (C=O) groups excluding carboxylic acids is 1. The Hall–Kier alpha value is -2.76. The summed E-state index contributed by atoms with van der Waals surface area (Å²) in [7, 11) is 0. The largest absolute Gasteiger partial charge is 0.397 e. The SMILES string of the molecule is Cc1cn[nH]c1NC(=O)c1cc2cccc(N)c2[nH]1. The van der Waals surface area contributed by atoms with Gasteiger partial charge in [0.05, 0.1) is 17.4 Å². The summed E-state index contributed by atoms with van der Waals surface area (Å²) >= 11 is 0. The number of aromatic nitrogens is 3. The maximum absolute atomic E-state index is 12.1. The lowest BCUT2D eigenvalue weighted by molar-refractivity contribution is 0.102. The Morgan fingerprint density at radius 3 is 2.95 bits per heavy atom. The van der Waals surface area contributed by atoms with Crippen molar-refractivity contribution >= 4 is 28.3 Å². The molecular formula is C13H13N5O. The molecule has 0 saturated carbocycles. The molecule has 2 aromatic heterocycles. The third-order valence-corrected chi connectivity index (χ3v) is 3.00. The predicted octanol–water partition coefficient (Wildman–Crippen LogP) is 2.03. The number of rotatable bonds is 2. The number of aryl methyl sites for hydroxylation is 1. The van der Waals surface area contributed by atoms with Crippen LogP contribution in [-0.2, 0) is 0 Å². The molecule has 0 spiro atoms. The van der Waals surface area contributed by atoms with Crippen LogP contribution in [0.4, 0.5) is 11.5 Å². The van der Waals surface area contributed by atoms with Gasteiger partial charge >= 0.3 is 0 Å². The number of nitrogens with zero attached hydrogens (tertiary/aromatic N) is 1. The normalized spacial score (nSPS) is 10.8. The second-order valence-corrected chi connectivity index (χ2v) is 4.38. The highest BCUT2D eigenvalue weighted by Crippen LogP contribution is 2.21. The number of fused-ring (bicyclic) bond motifs is 1. The molecule has 0 saturated heterocycles. The summed E-state index contributed by atoms with van der Waals surface area (Å²) < 4.78 is 0. The van der Waals surface area contributed by atoms with Gasteiger partial charge in [-0.3, -0.25) is 9.89 Å². The average molecular weight is 255 g/mol. The number of nitrogen functional groups attached to an aromatic ring is 1. The van der Waals surface area contributed by atoms with E-state index in [4.69, 9.17) is 5.73 Å². The summed E-state index contributed by atoms with van der Waals surface area (Å²) in [4.78, 5) is 15.1. The van der Waals surface area contributed by atoms with E-state index < -0.39 is 0 Å². The van der Waals surface area contributed by atoms with Crippen LogP contribution in [0.3, 0.4) is 0 Å². The summed E-state index contributed by atoms with van der Waals surface area (Å²) in [5.74, 6) is 0.361. The first-order valence-electron chi connectivity index (χ1n) is 5.83. The fourth-order valence-electron chi connectivity index (χ4n) is 1.96. The number of nitrogens with one attached hydrogen (secondary N) is 3. The van der Waals surface area contributed by atoms with Gasteiger partial charge in [0.2, 0.25) is 0 Å². The second-order valence-electron chi connectivity index (χ2n) is 4.38. The van der Waals surface area contributed by atoms with Gasteiger partial charge in [0.25, 0.3) is 5.91 Å². The van der Waals surface area contributed by atoms with Crippen molar-refractivity contribution in [1.82, 2.24) is 15.2 Å². The quantitative estimate of drug-likeness (QED) is 0.527. The van der Waals surface area contributed by atoms with Crippen LogP contribution in [0.2, 0.25) is 0 Å². The first kappa shape index (κ1) is 11.3. The molecule has 6 nitrogen and oxygen atoms in total. The highest BCUT2D eigenvalue weighted by atomic mass is 16.2. The average Bonchev–Trinajstić information content (AvgIpc) is 2.97. The Morgan fingerprint density at radius 2 is 2.26 bits per heavy atom. The number of amides is 1. The number of carbonyl (C=O) groups is 1. The summed E-state index contributed by atoms with van der Waals surface area (Å²) in [6.45, 7) is 1.86. The molecule has 0 aliphatic carbocycles. The van der Waals surface area contributed by atoms with Crippen molar-refractivity contribution in [3.05, 3.63) is 41.7 Å². The summed E-state index contributed by atoms with van der Waals surface area (Å²) in [5, 5.41) is 10.3. The van der Waals surface area contributed by atoms with Crippen molar-refractivity contribution in [2.24, 2.45) is 0 Å². The smallest absolute Gasteiger partial charge is 0.273 e. The zero-order valence-electron chi connectivity index (χ0n) is 10.3. The van der Waals surface area contributed by atoms with E-state index in [0.29, 0.717) is 17.2 Å². The van der Waals surface area contributed by atoms with Crippen molar-refractivity contribution in [3.8, 4) is 0 Å². The van der Waals surface area contributed by atoms with Gasteiger partial charge in [-0.25, -0.2) is 0 Å². The number of hydrogen-bond acceptors (Lipinski definition) is 3. The number of benzene rings is 1. The lowest BCUT2D eigenvalue weighted by Gasteiger charge is -2.01. The Balaban J connectivity index is 1.94. The molecule has 0 unspecified atom stereocenters. The molecule has 0 radical (unpaired) electrons. The van der Waals surface area contributed by atoms with Crippen LogP contribution >= 0.6 is 0 Å². The molecular weight excluding hydrogens is 242 g/mol. The van der Waals surface area contributed by atoms with Crippen LogP contribution in [-0.4, -0.2) is 21.1 Å². The Bertz CT molecular complexity index is 755. The van der Waals surface area contributed by atoms with Gasteiger partial charge in [0, 0.05) is 10.9 Å². The van der Waals surface area contributed by atoms with Gasteiger partial charge in [0.15, 0.2) is 0 Å². The zero-order chi connectivity index (χ0) is 13.4. The van der Waals surface area contributed by atoms with Gasteiger partial charge in [-0.15, -0.1) is 0 Å². The van der Waals surface area contributed by atoms with Crippen LogP contribution in [0.1, 0.15) is 16.1 Å². The van der Waals surface area contributed by atoms with Crippen molar-refractivity contribution < 1.29 is 4.79 Å². The van der Waals surface area contributed by atoms with E-state index in [9.17, 15) is 4.79 Å². The van der Waals surface area contributed by atoms with Gasteiger partial charge in [-0.2, -0.15) is 5.10 Å². The number of H-pyrrole nitrogens is 2. The zero-order valence-corrected chi connectivity index (χ0v) is 10.3. The lowest BCUT2D eigenvalue weighted by Crippen LogP contribution is -2.13. The summed E-state index contributed by atoms with van der Waals surface area (Å²) in [5.41, 5.74) is 8.58. The first-order chi connectivity index (χ1) is 9.15. The summed E-state index contributed by atoms with van der Waals surface area (Å²) in [6, 6.07) is 7.32. The number of anilines is 2. The molecule has 6 heteroatoms. The third kappa shape index (κ3) is 1.93. The van der Waals surface area contributed by atoms with Crippen LogP contribution in [0.15, 0.2) is 30.5 Å². The minimum atomic E-state index is -0.233. The van der Waals surface area contributed by atoms with E-state index in [-0.39, 0.29) is 5.91 Å². The van der Waals surface area contributed by atoms with Crippen molar-refractivity contribution in [1.29, 1.82) is 0 Å². The lowest BCUT2D eigenvalue weighted by atomic mass is 10.2. The molecule has 19 heavy (non-hydrogen) atoms. The molecule has 3 aromatic rings. The molecule has 0 fully saturated rings. The van der Waals surface area contributed by atoms with E-state index >= 15 is 0 Å². The van der Waals surface area contributed by atoms with Gasteiger partial charge in [0.1, 0.15) is 11.5 Å². The maximum atomic E-state index is 12.1. The molecule has 0 bridgehead atoms. The standard InChI is InChI=1S/C13H13N5O/c1-7-6-15-18-12(7)17-13(19)10-5-8-3-2-4-9(14)11(8)16-10/h2-6,16H,14H2,1H3,(H2,15,17,18,19). The van der Waals surface area contributed by atoms with Crippen LogP contribution < -0.4 is 11.1 Å². The molecule has 0 atom stereocenters. The molecule has 1 aromatic carbocycles. The van der Waals surface area contributed by atoms with E-state index in [2.05, 4.69) is 20.5 Å². The molecule has 0 aliphatic rings. The highest BCUT2D eigenvalue weighted by molar-refractivity contribution is 6.07. The first-order valence-corrected chi connectivity index (χ1v) is 5.83. The maximum Gasteiger partial charge on any atom is 0.273 e. The molecule has 1 amide bonds. The van der Waals surface area contributed by atoms with Crippen molar-refractivity contribution in [2.75, 3.05) is 11.1 Å². The molecule has 96 valence electrons. The van der Waals surface area contributed by atoms with E-state index in [1.54, 1.807) is 18.3 Å². The number of hydrogen-bond donors (Lipinski definition) is 4. The van der Waals surface area contributed by atoms with Crippen LogP contribution in [0, 0.1) is 6.92 Å². The third-order valence-electron chi connectivity index (χ3n) is 3.00. The number of para-hydroxylation sites is 1. The van der Waals surface area contributed by atoms with Gasteiger partial charge in [-0.1, -0.05) is 12.1 Å². The van der Waals surface area contributed by atoms with Gasteiger partial charge in [-0.05, 0) is 19.1 Å². The van der Waals surface area contributed by atoms with E-state index in [0.717, 1.165) is 16.5 Å². The van der Waals surface area contributed by atoms with Crippen LogP contribution in [0.25, 0.3) is 10.9 Å². The van der Waals surface area contributed by atoms with E-state index in [1.807, 2.05) is 19.1 Å². The fourth-order valence-corrected chi connectivity index (χ4v) is 1.96. The monoisotopic (exact) mass is 255 g/mol. The fraction of sp³-hybridized carbons (Fsp3) is 0.0769.